The van der Waals surface area contributed by atoms with E-state index in [0.29, 0.717) is 6.54 Å². The van der Waals surface area contributed by atoms with Gasteiger partial charge in [0.2, 0.25) is 5.91 Å². The molecule has 0 atom stereocenters. The highest BCUT2D eigenvalue weighted by atomic mass is 16.2. The Bertz CT molecular complexity index is 713. The summed E-state index contributed by atoms with van der Waals surface area (Å²) in [6.45, 7) is 8.84. The fourth-order valence-corrected chi connectivity index (χ4v) is 2.25. The van der Waals surface area contributed by atoms with E-state index >= 15 is 0 Å². The minimum Gasteiger partial charge on any atom is -0.344 e. The summed E-state index contributed by atoms with van der Waals surface area (Å²) in [4.78, 5) is 14.0. The van der Waals surface area contributed by atoms with Crippen molar-refractivity contribution >= 4 is 11.5 Å². The Morgan fingerprint density at radius 3 is 2.65 bits per heavy atom. The summed E-state index contributed by atoms with van der Waals surface area (Å²) < 4.78 is 1.76. The first-order chi connectivity index (χ1) is 11.1. The Balaban J connectivity index is 2.42. The molecule has 23 heavy (non-hydrogen) atoms. The Morgan fingerprint density at radius 2 is 2.04 bits per heavy atom. The van der Waals surface area contributed by atoms with Crippen LogP contribution in [0, 0.1) is 0 Å². The Kier molecular flexibility index (Phi) is 5.52. The molecule has 0 unspecified atom stereocenters. The normalized spacial score (nSPS) is 10.9. The number of benzene rings is 1. The van der Waals surface area contributed by atoms with E-state index in [-0.39, 0.29) is 12.5 Å². The number of nitrogens with zero attached hydrogens (tertiary/aromatic N) is 3. The van der Waals surface area contributed by atoms with Gasteiger partial charge in [0.25, 0.3) is 0 Å². The molecule has 0 spiro atoms. The Labute approximate surface area is 137 Å². The molecule has 4 nitrogen and oxygen atoms in total. The van der Waals surface area contributed by atoms with Gasteiger partial charge in [-0.1, -0.05) is 49.1 Å². The van der Waals surface area contributed by atoms with Crippen molar-refractivity contribution in [1.82, 2.24) is 14.7 Å². The molecule has 0 aliphatic heterocycles. The summed E-state index contributed by atoms with van der Waals surface area (Å²) in [5, 5.41) is 4.58. The zero-order valence-corrected chi connectivity index (χ0v) is 14.0. The molecule has 0 radical (unpaired) electrons. The van der Waals surface area contributed by atoms with Crippen molar-refractivity contribution < 1.29 is 4.79 Å². The fourth-order valence-electron chi connectivity index (χ4n) is 2.25. The van der Waals surface area contributed by atoms with Gasteiger partial charge in [-0.2, -0.15) is 5.10 Å². The molecular formula is C19H23N3O. The molecule has 1 aromatic heterocycles. The van der Waals surface area contributed by atoms with Crippen LogP contribution in [0.2, 0.25) is 0 Å². The van der Waals surface area contributed by atoms with Crippen LogP contribution in [0.3, 0.4) is 0 Å². The summed E-state index contributed by atoms with van der Waals surface area (Å²) in [6.07, 6.45) is 3.85. The van der Waals surface area contributed by atoms with Crippen molar-refractivity contribution in [3.05, 3.63) is 60.8 Å². The minimum absolute atomic E-state index is 0.0379. The van der Waals surface area contributed by atoms with E-state index in [9.17, 15) is 4.79 Å². The molecule has 0 saturated carbocycles. The quantitative estimate of drug-likeness (QED) is 0.764. The molecule has 0 saturated heterocycles. The third-order valence-electron chi connectivity index (χ3n) is 3.73. The maximum absolute atomic E-state index is 12.3. The predicted octanol–water partition coefficient (Wildman–Crippen LogP) is 3.62. The van der Waals surface area contributed by atoms with Gasteiger partial charge in [-0.25, -0.2) is 0 Å². The van der Waals surface area contributed by atoms with Gasteiger partial charge >= 0.3 is 0 Å². The highest BCUT2D eigenvalue weighted by Gasteiger charge is 2.15. The second-order valence-corrected chi connectivity index (χ2v) is 5.37. The predicted molar refractivity (Wildman–Crippen MR) is 94.8 cm³/mol. The van der Waals surface area contributed by atoms with Gasteiger partial charge in [0.1, 0.15) is 6.54 Å². The van der Waals surface area contributed by atoms with Crippen LogP contribution >= 0.6 is 0 Å². The van der Waals surface area contributed by atoms with E-state index in [4.69, 9.17) is 0 Å². The lowest BCUT2D eigenvalue weighted by atomic mass is 10.1. The van der Waals surface area contributed by atoms with Crippen molar-refractivity contribution in [2.24, 2.45) is 0 Å². The van der Waals surface area contributed by atoms with Crippen molar-refractivity contribution in [1.29, 1.82) is 0 Å². The summed E-state index contributed by atoms with van der Waals surface area (Å²) in [5.41, 5.74) is 3.57. The van der Waals surface area contributed by atoms with Crippen LogP contribution in [0.1, 0.15) is 19.5 Å². The first kappa shape index (κ1) is 16.7. The molecular weight excluding hydrogens is 286 g/mol. The maximum Gasteiger partial charge on any atom is 0.244 e. The van der Waals surface area contributed by atoms with E-state index in [1.807, 2.05) is 62.4 Å². The molecule has 0 fully saturated rings. The van der Waals surface area contributed by atoms with Crippen molar-refractivity contribution in [3.8, 4) is 11.3 Å². The number of carbonyl (C=O) groups is 1. The van der Waals surface area contributed by atoms with Gasteiger partial charge < -0.3 is 4.90 Å². The first-order valence-electron chi connectivity index (χ1n) is 7.76. The number of allylic oxidation sites excluding steroid dienone is 3. The lowest BCUT2D eigenvalue weighted by molar-refractivity contribution is -0.130. The highest BCUT2D eigenvalue weighted by molar-refractivity contribution is 5.78. The van der Waals surface area contributed by atoms with Crippen LogP contribution < -0.4 is 0 Å². The molecule has 0 bridgehead atoms. The summed E-state index contributed by atoms with van der Waals surface area (Å²) in [5.74, 6) is 0.0379. The van der Waals surface area contributed by atoms with E-state index in [2.05, 4.69) is 11.7 Å². The number of hydrogen-bond acceptors (Lipinski definition) is 2. The van der Waals surface area contributed by atoms with Gasteiger partial charge in [-0.05, 0) is 31.1 Å². The van der Waals surface area contributed by atoms with Crippen LogP contribution in [0.4, 0.5) is 0 Å². The highest BCUT2D eigenvalue weighted by Crippen LogP contribution is 2.24. The Morgan fingerprint density at radius 1 is 1.35 bits per heavy atom. The number of hydrogen-bond donors (Lipinski definition) is 0. The van der Waals surface area contributed by atoms with Gasteiger partial charge in [0.05, 0.1) is 11.4 Å². The van der Waals surface area contributed by atoms with Crippen molar-refractivity contribution in [3.63, 3.8) is 0 Å². The first-order valence-corrected chi connectivity index (χ1v) is 7.76. The van der Waals surface area contributed by atoms with Crippen LogP contribution in [0.15, 0.2) is 55.1 Å². The molecule has 120 valence electrons. The lowest BCUT2D eigenvalue weighted by Gasteiger charge is -2.15. The standard InChI is InChI=1S/C19H23N3O/c1-5-10-15(3)17-13-18(16-11-8-7-9-12-16)22(20-17)14-19(23)21(4)6-2/h5,7-13H,3,6,14H2,1-2,4H3. The summed E-state index contributed by atoms with van der Waals surface area (Å²) in [6, 6.07) is 11.9. The van der Waals surface area contributed by atoms with Crippen LogP contribution in [0.25, 0.3) is 16.8 Å². The van der Waals surface area contributed by atoms with Gasteiger partial charge in [-0.3, -0.25) is 9.48 Å². The third kappa shape index (κ3) is 3.97. The van der Waals surface area contributed by atoms with Crippen LogP contribution in [-0.4, -0.2) is 34.2 Å². The van der Waals surface area contributed by atoms with E-state index in [1.165, 1.54) is 0 Å². The zero-order chi connectivity index (χ0) is 16.8. The maximum atomic E-state index is 12.3. The molecule has 0 N–H and O–H groups in total. The molecule has 2 aromatic rings. The SMILES string of the molecule is C=C(C=CC)c1cc(-c2ccccc2)n(CC(=O)N(C)CC)n1. The number of rotatable bonds is 6. The minimum atomic E-state index is 0.0379. The van der Waals surface area contributed by atoms with E-state index in [0.717, 1.165) is 22.5 Å². The zero-order valence-electron chi connectivity index (χ0n) is 14.0. The largest absolute Gasteiger partial charge is 0.344 e. The fraction of sp³-hybridized carbons (Fsp3) is 0.263. The van der Waals surface area contributed by atoms with E-state index in [1.54, 1.807) is 16.6 Å². The average molecular weight is 309 g/mol. The van der Waals surface area contributed by atoms with Gasteiger partial charge in [0, 0.05) is 13.6 Å². The van der Waals surface area contributed by atoms with Gasteiger partial charge in [-0.15, -0.1) is 0 Å². The number of carbonyl (C=O) groups excluding carboxylic acids is 1. The third-order valence-corrected chi connectivity index (χ3v) is 3.73. The number of likely N-dealkylation sites (N-methyl/N-ethyl adjacent to an activating group) is 1. The molecule has 2 rings (SSSR count). The second kappa shape index (κ2) is 7.58. The number of amides is 1. The molecule has 1 amide bonds. The smallest absolute Gasteiger partial charge is 0.244 e. The molecule has 1 aromatic carbocycles. The van der Waals surface area contributed by atoms with E-state index < -0.39 is 0 Å². The lowest BCUT2D eigenvalue weighted by Crippen LogP contribution is -2.30. The topological polar surface area (TPSA) is 38.1 Å². The van der Waals surface area contributed by atoms with Gasteiger partial charge in [0.15, 0.2) is 0 Å². The molecule has 0 aliphatic carbocycles. The van der Waals surface area contributed by atoms with Crippen molar-refractivity contribution in [2.75, 3.05) is 13.6 Å². The average Bonchev–Trinajstić information content (AvgIpc) is 2.99. The summed E-state index contributed by atoms with van der Waals surface area (Å²) >= 11 is 0. The Hall–Kier alpha value is -2.62. The molecule has 1 heterocycles. The monoisotopic (exact) mass is 309 g/mol. The second-order valence-electron chi connectivity index (χ2n) is 5.37. The molecule has 4 heteroatoms. The number of aromatic nitrogens is 2. The van der Waals surface area contributed by atoms with Crippen molar-refractivity contribution in [2.45, 2.75) is 20.4 Å². The van der Waals surface area contributed by atoms with Crippen LogP contribution in [-0.2, 0) is 11.3 Å². The molecule has 0 aliphatic rings. The van der Waals surface area contributed by atoms with Crippen LogP contribution in [0.5, 0.6) is 0 Å². The summed E-state index contributed by atoms with van der Waals surface area (Å²) in [7, 11) is 1.80.